The fourth-order valence-corrected chi connectivity index (χ4v) is 2.71. The molecule has 0 aliphatic carbocycles. The second kappa shape index (κ2) is 4.98. The molecule has 0 unspecified atom stereocenters. The quantitative estimate of drug-likeness (QED) is 0.582. The third kappa shape index (κ3) is 2.17. The number of ether oxygens (including phenoxy) is 1. The number of pyridine rings is 1. The highest BCUT2D eigenvalue weighted by atomic mass is 16.5. The van der Waals surface area contributed by atoms with Crippen LogP contribution in [0.4, 0.5) is 0 Å². The summed E-state index contributed by atoms with van der Waals surface area (Å²) in [5.74, 6) is 0.754. The standard InChI is InChI=1S/C16H16N6O/c1-20-9-14(17-10-20)13-6-19-22-8-11(4-15(23-3)16(13)22)12-5-18-21(2)7-12/h4-10H,1-3H3. The number of aromatic nitrogens is 6. The van der Waals surface area contributed by atoms with Gasteiger partial charge in [-0.05, 0) is 6.07 Å². The van der Waals surface area contributed by atoms with Crippen LogP contribution in [0.15, 0.2) is 43.4 Å². The van der Waals surface area contributed by atoms with E-state index in [2.05, 4.69) is 15.2 Å². The molecule has 0 aliphatic heterocycles. The molecule has 0 fully saturated rings. The molecular formula is C16H16N6O. The summed E-state index contributed by atoms with van der Waals surface area (Å²) in [6, 6.07) is 2.00. The van der Waals surface area contributed by atoms with E-state index in [0.29, 0.717) is 0 Å². The summed E-state index contributed by atoms with van der Waals surface area (Å²) in [4.78, 5) is 4.41. The average molecular weight is 308 g/mol. The van der Waals surface area contributed by atoms with Gasteiger partial charge in [-0.25, -0.2) is 9.50 Å². The SMILES string of the molecule is COc1cc(-c2cnn(C)c2)cn2ncc(-c3cn(C)cn3)c12. The van der Waals surface area contributed by atoms with Gasteiger partial charge < -0.3 is 9.30 Å². The Hall–Kier alpha value is -3.09. The van der Waals surface area contributed by atoms with Crippen LogP contribution in [-0.4, -0.2) is 36.1 Å². The van der Waals surface area contributed by atoms with Crippen LogP contribution in [0.1, 0.15) is 0 Å². The average Bonchev–Trinajstić information content (AvgIpc) is 3.25. The summed E-state index contributed by atoms with van der Waals surface area (Å²) in [6.45, 7) is 0. The number of imidazole rings is 1. The third-order valence-electron chi connectivity index (χ3n) is 3.82. The molecule has 23 heavy (non-hydrogen) atoms. The Kier molecular flexibility index (Phi) is 2.94. The molecular weight excluding hydrogens is 292 g/mol. The van der Waals surface area contributed by atoms with Crippen LogP contribution in [0.5, 0.6) is 5.75 Å². The van der Waals surface area contributed by atoms with E-state index in [-0.39, 0.29) is 0 Å². The molecule has 0 amide bonds. The van der Waals surface area contributed by atoms with Crippen molar-refractivity contribution in [1.29, 1.82) is 0 Å². The molecule has 0 aromatic carbocycles. The molecule has 4 aromatic heterocycles. The first-order chi connectivity index (χ1) is 11.2. The van der Waals surface area contributed by atoms with E-state index in [1.165, 1.54) is 0 Å². The number of nitrogens with zero attached hydrogens (tertiary/aromatic N) is 6. The highest BCUT2D eigenvalue weighted by Gasteiger charge is 2.16. The molecule has 0 spiro atoms. The predicted octanol–water partition coefficient (Wildman–Crippen LogP) is 2.14. The monoisotopic (exact) mass is 308 g/mol. The number of hydrogen-bond donors (Lipinski definition) is 0. The van der Waals surface area contributed by atoms with Crippen molar-refractivity contribution in [2.75, 3.05) is 7.11 Å². The minimum atomic E-state index is 0.754. The van der Waals surface area contributed by atoms with Gasteiger partial charge in [0.25, 0.3) is 0 Å². The highest BCUT2D eigenvalue weighted by Crippen LogP contribution is 2.33. The highest BCUT2D eigenvalue weighted by molar-refractivity contribution is 5.84. The molecule has 4 aromatic rings. The molecule has 4 heterocycles. The minimum Gasteiger partial charge on any atom is -0.494 e. The Balaban J connectivity index is 1.93. The lowest BCUT2D eigenvalue weighted by Gasteiger charge is -2.07. The summed E-state index contributed by atoms with van der Waals surface area (Å²) in [5, 5.41) is 8.68. The zero-order chi connectivity index (χ0) is 16.0. The topological polar surface area (TPSA) is 62.2 Å². The van der Waals surface area contributed by atoms with Gasteiger partial charge in [-0.15, -0.1) is 0 Å². The van der Waals surface area contributed by atoms with Gasteiger partial charge in [-0.2, -0.15) is 10.2 Å². The smallest absolute Gasteiger partial charge is 0.145 e. The van der Waals surface area contributed by atoms with Gasteiger partial charge in [0.05, 0.1) is 37.1 Å². The number of fused-ring (bicyclic) bond motifs is 1. The van der Waals surface area contributed by atoms with Crippen molar-refractivity contribution in [2.45, 2.75) is 0 Å². The van der Waals surface area contributed by atoms with Crippen LogP contribution in [0.2, 0.25) is 0 Å². The molecule has 116 valence electrons. The second-order valence-corrected chi connectivity index (χ2v) is 5.48. The molecule has 0 saturated carbocycles. The van der Waals surface area contributed by atoms with Gasteiger partial charge >= 0.3 is 0 Å². The second-order valence-electron chi connectivity index (χ2n) is 5.48. The molecule has 0 N–H and O–H groups in total. The zero-order valence-electron chi connectivity index (χ0n) is 13.1. The van der Waals surface area contributed by atoms with Crippen LogP contribution < -0.4 is 4.74 Å². The lowest BCUT2D eigenvalue weighted by atomic mass is 10.1. The number of methoxy groups -OCH3 is 1. The number of aryl methyl sites for hydroxylation is 2. The first-order valence-corrected chi connectivity index (χ1v) is 7.18. The maximum atomic E-state index is 5.60. The molecule has 0 saturated heterocycles. The van der Waals surface area contributed by atoms with Gasteiger partial charge in [0.2, 0.25) is 0 Å². The van der Waals surface area contributed by atoms with E-state index < -0.39 is 0 Å². The van der Waals surface area contributed by atoms with Crippen molar-refractivity contribution in [3.63, 3.8) is 0 Å². The summed E-state index contributed by atoms with van der Waals surface area (Å²) < 4.78 is 11.1. The maximum absolute atomic E-state index is 5.60. The lowest BCUT2D eigenvalue weighted by Crippen LogP contribution is -1.94. The van der Waals surface area contributed by atoms with E-state index in [1.54, 1.807) is 18.1 Å². The molecule has 4 rings (SSSR count). The van der Waals surface area contributed by atoms with Crippen molar-refractivity contribution in [2.24, 2.45) is 14.1 Å². The van der Waals surface area contributed by atoms with E-state index in [1.807, 2.05) is 60.2 Å². The normalized spacial score (nSPS) is 11.3. The third-order valence-corrected chi connectivity index (χ3v) is 3.82. The van der Waals surface area contributed by atoms with E-state index >= 15 is 0 Å². The Morgan fingerprint density at radius 3 is 2.52 bits per heavy atom. The van der Waals surface area contributed by atoms with Gasteiger partial charge in [-0.3, -0.25) is 4.68 Å². The van der Waals surface area contributed by atoms with Crippen LogP contribution in [0.3, 0.4) is 0 Å². The molecule has 0 bridgehead atoms. The van der Waals surface area contributed by atoms with E-state index in [9.17, 15) is 0 Å². The van der Waals surface area contributed by atoms with Crippen LogP contribution in [0, 0.1) is 0 Å². The first kappa shape index (κ1) is 13.6. The number of hydrogen-bond acceptors (Lipinski definition) is 4. The Morgan fingerprint density at radius 2 is 1.87 bits per heavy atom. The largest absolute Gasteiger partial charge is 0.494 e. The molecule has 7 heteroatoms. The summed E-state index contributed by atoms with van der Waals surface area (Å²) in [6.07, 6.45) is 11.3. The molecule has 7 nitrogen and oxygen atoms in total. The van der Waals surface area contributed by atoms with Gasteiger partial charge in [0.15, 0.2) is 0 Å². The predicted molar refractivity (Wildman–Crippen MR) is 86.1 cm³/mol. The van der Waals surface area contributed by atoms with Crippen molar-refractivity contribution in [3.8, 4) is 28.1 Å². The Labute approximate surface area is 132 Å². The first-order valence-electron chi connectivity index (χ1n) is 7.18. The van der Waals surface area contributed by atoms with Crippen molar-refractivity contribution in [3.05, 3.63) is 43.4 Å². The van der Waals surface area contributed by atoms with E-state index in [0.717, 1.165) is 33.7 Å². The van der Waals surface area contributed by atoms with Gasteiger partial charge in [0, 0.05) is 43.8 Å². The van der Waals surface area contributed by atoms with Crippen molar-refractivity contribution >= 4 is 5.52 Å². The number of rotatable bonds is 3. The Morgan fingerprint density at radius 1 is 1.00 bits per heavy atom. The van der Waals surface area contributed by atoms with Crippen LogP contribution >= 0.6 is 0 Å². The molecule has 0 aliphatic rings. The van der Waals surface area contributed by atoms with Crippen molar-refractivity contribution in [1.82, 2.24) is 28.9 Å². The van der Waals surface area contributed by atoms with Crippen LogP contribution in [-0.2, 0) is 14.1 Å². The molecule has 0 atom stereocenters. The molecule has 0 radical (unpaired) electrons. The van der Waals surface area contributed by atoms with Crippen molar-refractivity contribution < 1.29 is 4.74 Å². The minimum absolute atomic E-state index is 0.754. The summed E-state index contributed by atoms with van der Waals surface area (Å²) in [7, 11) is 5.50. The summed E-state index contributed by atoms with van der Waals surface area (Å²) in [5.41, 5.74) is 4.73. The van der Waals surface area contributed by atoms with Crippen LogP contribution in [0.25, 0.3) is 27.9 Å². The fourth-order valence-electron chi connectivity index (χ4n) is 2.71. The zero-order valence-corrected chi connectivity index (χ0v) is 13.1. The van der Waals surface area contributed by atoms with Gasteiger partial charge in [0.1, 0.15) is 11.3 Å². The fraction of sp³-hybridized carbons (Fsp3) is 0.188. The Bertz CT molecular complexity index is 993. The van der Waals surface area contributed by atoms with Gasteiger partial charge in [-0.1, -0.05) is 0 Å². The lowest BCUT2D eigenvalue weighted by molar-refractivity contribution is 0.418. The maximum Gasteiger partial charge on any atom is 0.145 e. The van der Waals surface area contributed by atoms with E-state index in [4.69, 9.17) is 4.74 Å². The summed E-state index contributed by atoms with van der Waals surface area (Å²) >= 11 is 0.